The van der Waals surface area contributed by atoms with Crippen molar-refractivity contribution in [1.29, 1.82) is 0 Å². The third-order valence-electron chi connectivity index (χ3n) is 11.3. The Morgan fingerprint density at radius 2 is 0.517 bits per heavy atom. The molecule has 0 aromatic heterocycles. The van der Waals surface area contributed by atoms with Crippen molar-refractivity contribution in [3.8, 4) is 66.8 Å². The molecule has 0 fully saturated rings. The molecule has 0 saturated carbocycles. The van der Waals surface area contributed by atoms with Crippen LogP contribution < -0.4 is 0 Å². The van der Waals surface area contributed by atoms with Crippen molar-refractivity contribution in [3.05, 3.63) is 242 Å². The lowest BCUT2D eigenvalue weighted by Crippen LogP contribution is -1.92. The van der Waals surface area contributed by atoms with Crippen molar-refractivity contribution >= 4 is 33.7 Å². The normalized spacial score (nSPS) is 11.4. The van der Waals surface area contributed by atoms with Crippen molar-refractivity contribution in [2.75, 3.05) is 0 Å². The zero-order valence-corrected chi connectivity index (χ0v) is 32.1. The Morgan fingerprint density at radius 1 is 0.190 bits per heavy atom. The van der Waals surface area contributed by atoms with Crippen molar-refractivity contribution < 1.29 is 0 Å². The monoisotopic (exact) mass is 736 g/mol. The van der Waals surface area contributed by atoms with Crippen LogP contribution in [0.5, 0.6) is 0 Å². The van der Waals surface area contributed by atoms with Crippen molar-refractivity contribution in [3.63, 3.8) is 0 Å². The van der Waals surface area contributed by atoms with Crippen LogP contribution in [0, 0.1) is 0 Å². The lowest BCUT2D eigenvalue weighted by atomic mass is 9.84. The van der Waals surface area contributed by atoms with Gasteiger partial charge in [-0.25, -0.2) is 0 Å². The fourth-order valence-corrected chi connectivity index (χ4v) is 8.33. The van der Waals surface area contributed by atoms with E-state index in [4.69, 9.17) is 0 Å². The molecule has 272 valence electrons. The number of rotatable bonds is 8. The van der Waals surface area contributed by atoms with E-state index in [2.05, 4.69) is 243 Å². The molecule has 0 aliphatic heterocycles. The summed E-state index contributed by atoms with van der Waals surface area (Å²) in [5.41, 5.74) is 17.0. The second kappa shape index (κ2) is 15.5. The Kier molecular flexibility index (Phi) is 9.35. The first-order valence-electron chi connectivity index (χ1n) is 20.0. The van der Waals surface area contributed by atoms with E-state index in [0.717, 1.165) is 0 Å². The lowest BCUT2D eigenvalue weighted by Gasteiger charge is -2.19. The lowest BCUT2D eigenvalue weighted by molar-refractivity contribution is 1.58. The molecule has 0 saturated heterocycles. The molecule has 0 atom stereocenters. The first-order chi connectivity index (χ1) is 28.7. The van der Waals surface area contributed by atoms with E-state index >= 15 is 0 Å². The van der Waals surface area contributed by atoms with E-state index in [1.54, 1.807) is 0 Å². The second-order valence-electron chi connectivity index (χ2n) is 14.9. The summed E-state index contributed by atoms with van der Waals surface area (Å²) < 4.78 is 0. The molecule has 0 heteroatoms. The summed E-state index contributed by atoms with van der Waals surface area (Å²) in [4.78, 5) is 0. The zero-order chi connectivity index (χ0) is 38.7. The van der Waals surface area contributed by atoms with E-state index in [0.29, 0.717) is 0 Å². The molecule has 0 amide bonds. The van der Waals surface area contributed by atoms with Gasteiger partial charge in [-0.2, -0.15) is 0 Å². The molecule has 0 radical (unpaired) electrons. The fourth-order valence-electron chi connectivity index (χ4n) is 8.33. The highest BCUT2D eigenvalue weighted by atomic mass is 14.2. The predicted molar refractivity (Wildman–Crippen MR) is 249 cm³/mol. The topological polar surface area (TPSA) is 0 Å². The molecule has 10 aromatic carbocycles. The molecule has 58 heavy (non-hydrogen) atoms. The van der Waals surface area contributed by atoms with Gasteiger partial charge in [0.05, 0.1) is 0 Å². The van der Waals surface area contributed by atoms with Crippen LogP contribution in [0.1, 0.15) is 11.1 Å². The van der Waals surface area contributed by atoms with Gasteiger partial charge in [0.25, 0.3) is 0 Å². The Balaban J connectivity index is 1.09. The van der Waals surface area contributed by atoms with Gasteiger partial charge in [0.15, 0.2) is 0 Å². The van der Waals surface area contributed by atoms with E-state index < -0.39 is 0 Å². The number of benzene rings is 10. The highest BCUT2D eigenvalue weighted by molar-refractivity contribution is 6.22. The molecular weight excluding hydrogens is 697 g/mol. The van der Waals surface area contributed by atoms with E-state index in [-0.39, 0.29) is 0 Å². The standard InChI is InChI=1S/C58H40/c1-4-13-41(14-5-1)23-24-42-15-12-20-51(39-42)47-25-27-48(28-26-47)52-37-38-55-56(40-52)58(50-35-31-46(32-36-50)44-18-8-3-9-19-44)54-22-11-10-21-53(54)57(55)49-33-29-45(30-34-49)43-16-6-2-7-17-43/h1-40H/b24-23-. The van der Waals surface area contributed by atoms with Crippen LogP contribution in [0.4, 0.5) is 0 Å². The first-order valence-corrected chi connectivity index (χ1v) is 20.0. The summed E-state index contributed by atoms with van der Waals surface area (Å²) in [5.74, 6) is 0. The van der Waals surface area contributed by atoms with Crippen LogP contribution in [0.15, 0.2) is 231 Å². The quantitative estimate of drug-likeness (QED) is 0.108. The molecule has 0 nitrogen and oxygen atoms in total. The van der Waals surface area contributed by atoms with Crippen molar-refractivity contribution in [1.82, 2.24) is 0 Å². The molecular formula is C58H40. The Bertz CT molecular complexity index is 3030. The van der Waals surface area contributed by atoms with Gasteiger partial charge in [-0.3, -0.25) is 0 Å². The highest BCUT2D eigenvalue weighted by Crippen LogP contribution is 2.45. The van der Waals surface area contributed by atoms with Crippen molar-refractivity contribution in [2.24, 2.45) is 0 Å². The van der Waals surface area contributed by atoms with Crippen LogP contribution in [-0.4, -0.2) is 0 Å². The van der Waals surface area contributed by atoms with Gasteiger partial charge in [0, 0.05) is 0 Å². The van der Waals surface area contributed by atoms with Crippen LogP contribution in [0.3, 0.4) is 0 Å². The molecule has 10 rings (SSSR count). The number of hydrogen-bond acceptors (Lipinski definition) is 0. The molecule has 10 aromatic rings. The smallest absolute Gasteiger partial charge is 0.00261 e. The maximum atomic E-state index is 2.41. The summed E-state index contributed by atoms with van der Waals surface area (Å²) >= 11 is 0. The third-order valence-corrected chi connectivity index (χ3v) is 11.3. The Hall–Kier alpha value is -7.54. The maximum Gasteiger partial charge on any atom is -0.00261 e. The van der Waals surface area contributed by atoms with E-state index in [1.165, 1.54) is 99.4 Å². The van der Waals surface area contributed by atoms with Gasteiger partial charge in [-0.1, -0.05) is 231 Å². The zero-order valence-electron chi connectivity index (χ0n) is 32.1. The molecule has 0 spiro atoms. The van der Waals surface area contributed by atoms with Crippen LogP contribution in [-0.2, 0) is 0 Å². The van der Waals surface area contributed by atoms with E-state index in [9.17, 15) is 0 Å². The molecule has 0 unspecified atom stereocenters. The first kappa shape index (κ1) is 34.9. The number of fused-ring (bicyclic) bond motifs is 2. The Morgan fingerprint density at radius 3 is 1.05 bits per heavy atom. The molecule has 0 aliphatic rings. The van der Waals surface area contributed by atoms with Crippen LogP contribution >= 0.6 is 0 Å². The summed E-state index contributed by atoms with van der Waals surface area (Å²) in [5, 5.41) is 4.99. The van der Waals surface area contributed by atoms with Crippen LogP contribution in [0.25, 0.3) is 100 Å². The van der Waals surface area contributed by atoms with Crippen LogP contribution in [0.2, 0.25) is 0 Å². The highest BCUT2D eigenvalue weighted by Gasteiger charge is 2.18. The minimum atomic E-state index is 1.18. The SMILES string of the molecule is C(=C/c1cccc(-c2ccc(-c3ccc4c(-c5ccc(-c6ccccc6)cc5)c5ccccc5c(-c5ccc(-c6ccccc6)cc5)c4c3)cc2)c1)/c1ccccc1. The van der Waals surface area contributed by atoms with Gasteiger partial charge in [0.2, 0.25) is 0 Å². The van der Waals surface area contributed by atoms with Crippen molar-refractivity contribution in [2.45, 2.75) is 0 Å². The minimum Gasteiger partial charge on any atom is -0.0622 e. The molecule has 0 N–H and O–H groups in total. The molecule has 0 bridgehead atoms. The average molecular weight is 737 g/mol. The average Bonchev–Trinajstić information content (AvgIpc) is 3.31. The second-order valence-corrected chi connectivity index (χ2v) is 14.9. The summed E-state index contributed by atoms with van der Waals surface area (Å²) in [7, 11) is 0. The third kappa shape index (κ3) is 6.93. The summed E-state index contributed by atoms with van der Waals surface area (Å²) in [6.07, 6.45) is 4.35. The predicted octanol–water partition coefficient (Wildman–Crippen LogP) is 16.2. The van der Waals surface area contributed by atoms with Gasteiger partial charge >= 0.3 is 0 Å². The molecule has 0 heterocycles. The molecule has 0 aliphatic carbocycles. The summed E-state index contributed by atoms with van der Waals surface area (Å²) in [6, 6.07) is 83.7. The number of hydrogen-bond donors (Lipinski definition) is 0. The van der Waals surface area contributed by atoms with Gasteiger partial charge in [-0.15, -0.1) is 0 Å². The largest absolute Gasteiger partial charge is 0.0622 e. The van der Waals surface area contributed by atoms with Gasteiger partial charge < -0.3 is 0 Å². The Labute approximate surface area is 340 Å². The van der Waals surface area contributed by atoms with E-state index in [1.807, 2.05) is 0 Å². The maximum absolute atomic E-state index is 2.41. The fraction of sp³-hybridized carbons (Fsp3) is 0. The van der Waals surface area contributed by atoms with Gasteiger partial charge in [0.1, 0.15) is 0 Å². The minimum absolute atomic E-state index is 1.18. The van der Waals surface area contributed by atoms with Gasteiger partial charge in [-0.05, 0) is 112 Å². The summed E-state index contributed by atoms with van der Waals surface area (Å²) in [6.45, 7) is 0.